The average molecular weight is 357 g/mol. The van der Waals surface area contributed by atoms with Crippen molar-refractivity contribution < 1.29 is 13.5 Å². The summed E-state index contributed by atoms with van der Waals surface area (Å²) in [7, 11) is 1.36. The molecule has 0 fully saturated rings. The van der Waals surface area contributed by atoms with Gasteiger partial charge in [0, 0.05) is 11.8 Å². The maximum absolute atomic E-state index is 13.5. The molecule has 0 saturated carbocycles. The number of hydrogen-bond donors (Lipinski definition) is 1. The van der Waals surface area contributed by atoms with Crippen LogP contribution < -0.4 is 15.6 Å². The third kappa shape index (κ3) is 3.88. The molecule has 0 amide bonds. The van der Waals surface area contributed by atoms with Crippen LogP contribution in [0.5, 0.6) is 5.75 Å². The predicted molar refractivity (Wildman–Crippen MR) is 95.0 cm³/mol. The van der Waals surface area contributed by atoms with Gasteiger partial charge in [-0.1, -0.05) is 18.2 Å². The second-order valence-electron chi connectivity index (χ2n) is 5.78. The number of para-hydroxylation sites is 1. The first-order chi connectivity index (χ1) is 12.5. The van der Waals surface area contributed by atoms with Crippen molar-refractivity contribution in [3.05, 3.63) is 81.8 Å². The molecule has 0 aliphatic heterocycles. The van der Waals surface area contributed by atoms with Gasteiger partial charge in [0.2, 0.25) is 11.7 Å². The molecule has 26 heavy (non-hydrogen) atoms. The molecule has 0 aliphatic rings. The molecule has 3 aromatic rings. The summed E-state index contributed by atoms with van der Waals surface area (Å²) in [6.45, 7) is 2.02. The molecule has 0 aliphatic carbocycles. The Morgan fingerprint density at radius 1 is 1.15 bits per heavy atom. The van der Waals surface area contributed by atoms with Crippen molar-refractivity contribution in [1.29, 1.82) is 0 Å². The molecule has 1 heterocycles. The quantitative estimate of drug-likeness (QED) is 0.758. The van der Waals surface area contributed by atoms with Gasteiger partial charge in [0.15, 0.2) is 0 Å². The van der Waals surface area contributed by atoms with Gasteiger partial charge < -0.3 is 14.6 Å². The van der Waals surface area contributed by atoms with E-state index in [9.17, 15) is 13.6 Å². The molecule has 5 nitrogen and oxygen atoms in total. The van der Waals surface area contributed by atoms with Gasteiger partial charge >= 0.3 is 5.56 Å². The third-order valence-corrected chi connectivity index (χ3v) is 3.85. The Hall–Kier alpha value is -3.22. The molecule has 7 heteroatoms. The van der Waals surface area contributed by atoms with E-state index in [0.29, 0.717) is 5.56 Å². The molecule has 0 spiro atoms. The van der Waals surface area contributed by atoms with Crippen LogP contribution in [-0.4, -0.2) is 16.7 Å². The van der Waals surface area contributed by atoms with Gasteiger partial charge in [-0.15, -0.1) is 0 Å². The van der Waals surface area contributed by atoms with E-state index in [-0.39, 0.29) is 18.2 Å². The van der Waals surface area contributed by atoms with E-state index < -0.39 is 17.2 Å². The standard InChI is InChI=1S/C19H17F2N3O2/c1-12-5-3-4-6-16(12)22-19-23-18(25)17(26-2)11-24(19)10-13-7-14(20)9-15(21)8-13/h3-9,11H,10H2,1-2H3,(H,22,23,25). The van der Waals surface area contributed by atoms with Gasteiger partial charge in [0.1, 0.15) is 11.6 Å². The monoisotopic (exact) mass is 357 g/mol. The Kier molecular flexibility index (Phi) is 4.97. The summed E-state index contributed by atoms with van der Waals surface area (Å²) in [4.78, 5) is 16.1. The van der Waals surface area contributed by atoms with Gasteiger partial charge in [-0.05, 0) is 36.2 Å². The summed E-state index contributed by atoms with van der Waals surface area (Å²) in [6, 6.07) is 10.8. The number of nitrogens with one attached hydrogen (secondary N) is 1. The molecule has 134 valence electrons. The highest BCUT2D eigenvalue weighted by Gasteiger charge is 2.12. The fraction of sp³-hybridized carbons (Fsp3) is 0.158. The molecule has 0 bridgehead atoms. The van der Waals surface area contributed by atoms with Crippen LogP contribution in [0.25, 0.3) is 0 Å². The second kappa shape index (κ2) is 7.35. The highest BCUT2D eigenvalue weighted by Crippen LogP contribution is 2.20. The summed E-state index contributed by atoms with van der Waals surface area (Å²) < 4.78 is 33.6. The van der Waals surface area contributed by atoms with Crippen molar-refractivity contribution in [2.45, 2.75) is 13.5 Å². The van der Waals surface area contributed by atoms with E-state index in [1.54, 1.807) is 4.57 Å². The van der Waals surface area contributed by atoms with Crippen LogP contribution in [-0.2, 0) is 6.54 Å². The average Bonchev–Trinajstić information content (AvgIpc) is 2.58. The van der Waals surface area contributed by atoms with Crippen LogP contribution in [0.2, 0.25) is 0 Å². The SMILES string of the molecule is COc1cn(Cc2cc(F)cc(F)c2)c(Nc2ccccc2C)nc1=O. The first kappa shape index (κ1) is 17.6. The van der Waals surface area contributed by atoms with E-state index in [0.717, 1.165) is 17.3 Å². The molecule has 3 rings (SSSR count). The number of ether oxygens (including phenoxy) is 1. The number of aryl methyl sites for hydroxylation is 1. The Labute approximate surface area is 148 Å². The maximum Gasteiger partial charge on any atom is 0.316 e. The lowest BCUT2D eigenvalue weighted by molar-refractivity contribution is 0.402. The summed E-state index contributed by atoms with van der Waals surface area (Å²) >= 11 is 0. The van der Waals surface area contributed by atoms with Crippen molar-refractivity contribution in [3.8, 4) is 5.75 Å². The van der Waals surface area contributed by atoms with Gasteiger partial charge in [0.05, 0.1) is 19.9 Å². The second-order valence-corrected chi connectivity index (χ2v) is 5.78. The lowest BCUT2D eigenvalue weighted by Crippen LogP contribution is -2.19. The van der Waals surface area contributed by atoms with E-state index in [1.165, 1.54) is 25.4 Å². The van der Waals surface area contributed by atoms with Gasteiger partial charge in [-0.25, -0.2) is 8.78 Å². The summed E-state index contributed by atoms with van der Waals surface area (Å²) in [5, 5.41) is 3.09. The zero-order valence-corrected chi connectivity index (χ0v) is 14.3. The predicted octanol–water partition coefficient (Wildman–Crippen LogP) is 3.63. The fourth-order valence-electron chi connectivity index (χ4n) is 2.57. The summed E-state index contributed by atoms with van der Waals surface area (Å²) in [6.07, 6.45) is 1.46. The number of methoxy groups -OCH3 is 1. The number of aromatic nitrogens is 2. The maximum atomic E-state index is 13.5. The fourth-order valence-corrected chi connectivity index (χ4v) is 2.57. The zero-order valence-electron chi connectivity index (χ0n) is 14.3. The van der Waals surface area contributed by atoms with E-state index in [4.69, 9.17) is 4.74 Å². The smallest absolute Gasteiger partial charge is 0.316 e. The minimum absolute atomic E-state index is 0.0391. The number of benzene rings is 2. The van der Waals surface area contributed by atoms with E-state index in [1.807, 2.05) is 31.2 Å². The Balaban J connectivity index is 2.04. The lowest BCUT2D eigenvalue weighted by atomic mass is 10.2. The molecule has 1 aromatic heterocycles. The Bertz CT molecular complexity index is 982. The van der Waals surface area contributed by atoms with Crippen LogP contribution in [0.15, 0.2) is 53.5 Å². The molecule has 2 aromatic carbocycles. The van der Waals surface area contributed by atoms with E-state index in [2.05, 4.69) is 10.3 Å². The normalized spacial score (nSPS) is 10.6. The Morgan fingerprint density at radius 2 is 1.85 bits per heavy atom. The Morgan fingerprint density at radius 3 is 2.50 bits per heavy atom. The lowest BCUT2D eigenvalue weighted by Gasteiger charge is -2.16. The first-order valence-electron chi connectivity index (χ1n) is 7.89. The minimum atomic E-state index is -0.672. The molecule has 0 saturated heterocycles. The summed E-state index contributed by atoms with van der Waals surface area (Å²) in [5.74, 6) is -1.06. The van der Waals surface area contributed by atoms with Crippen LogP contribution >= 0.6 is 0 Å². The number of rotatable bonds is 5. The highest BCUT2D eigenvalue weighted by molar-refractivity contribution is 5.58. The molecule has 1 N–H and O–H groups in total. The van der Waals surface area contributed by atoms with Crippen molar-refractivity contribution in [1.82, 2.24) is 9.55 Å². The molecule has 0 radical (unpaired) electrons. The van der Waals surface area contributed by atoms with Gasteiger partial charge in [-0.2, -0.15) is 4.98 Å². The van der Waals surface area contributed by atoms with Crippen LogP contribution in [0.1, 0.15) is 11.1 Å². The van der Waals surface area contributed by atoms with Crippen LogP contribution in [0.4, 0.5) is 20.4 Å². The molecular weight excluding hydrogens is 340 g/mol. The van der Waals surface area contributed by atoms with Crippen molar-refractivity contribution in [2.24, 2.45) is 0 Å². The number of hydrogen-bond acceptors (Lipinski definition) is 4. The molecule has 0 atom stereocenters. The van der Waals surface area contributed by atoms with Crippen LogP contribution in [0.3, 0.4) is 0 Å². The largest absolute Gasteiger partial charge is 0.490 e. The van der Waals surface area contributed by atoms with Crippen molar-refractivity contribution >= 4 is 11.6 Å². The third-order valence-electron chi connectivity index (χ3n) is 3.85. The van der Waals surface area contributed by atoms with Crippen molar-refractivity contribution in [3.63, 3.8) is 0 Å². The van der Waals surface area contributed by atoms with Crippen LogP contribution in [0, 0.1) is 18.6 Å². The number of nitrogens with zero attached hydrogens (tertiary/aromatic N) is 2. The number of anilines is 2. The molecule has 0 unspecified atom stereocenters. The first-order valence-corrected chi connectivity index (χ1v) is 7.89. The highest BCUT2D eigenvalue weighted by atomic mass is 19.1. The van der Waals surface area contributed by atoms with Gasteiger partial charge in [0.25, 0.3) is 0 Å². The number of halogens is 2. The van der Waals surface area contributed by atoms with Gasteiger partial charge in [-0.3, -0.25) is 4.79 Å². The molecular formula is C19H17F2N3O2. The topological polar surface area (TPSA) is 56.1 Å². The van der Waals surface area contributed by atoms with Crippen molar-refractivity contribution in [2.75, 3.05) is 12.4 Å². The van der Waals surface area contributed by atoms with E-state index >= 15 is 0 Å². The zero-order chi connectivity index (χ0) is 18.7. The minimum Gasteiger partial charge on any atom is -0.490 e. The summed E-state index contributed by atoms with van der Waals surface area (Å²) in [5.41, 5.74) is 1.58.